The Hall–Kier alpha value is -3.06. The summed E-state index contributed by atoms with van der Waals surface area (Å²) < 4.78 is 5.32. The molecule has 0 unspecified atom stereocenters. The number of carbonyl (C=O) groups is 3. The highest BCUT2D eigenvalue weighted by molar-refractivity contribution is 6.30. The van der Waals surface area contributed by atoms with E-state index in [9.17, 15) is 14.4 Å². The number of benzene rings is 2. The number of methoxy groups -OCH3 is 1. The zero-order valence-electron chi connectivity index (χ0n) is 15.5. The van der Waals surface area contributed by atoms with Gasteiger partial charge in [0.15, 0.2) is 0 Å². The Morgan fingerprint density at radius 3 is 2.54 bits per heavy atom. The lowest BCUT2D eigenvalue weighted by Crippen LogP contribution is -2.46. The Labute approximate surface area is 167 Å². The molecule has 3 rings (SSSR count). The third-order valence-electron chi connectivity index (χ3n) is 4.51. The van der Waals surface area contributed by atoms with Crippen molar-refractivity contribution in [2.75, 3.05) is 19.0 Å². The first-order valence-electron chi connectivity index (χ1n) is 8.64. The SMILES string of the molecule is COc1ccccc1C[C@]1(C)NC(=O)N(CC(=O)Nc2ccc(Cl)cc2)C1=O. The quantitative estimate of drug-likeness (QED) is 0.728. The van der Waals surface area contributed by atoms with Crippen LogP contribution in [0, 0.1) is 0 Å². The van der Waals surface area contributed by atoms with E-state index >= 15 is 0 Å². The molecule has 2 aromatic rings. The van der Waals surface area contributed by atoms with Gasteiger partial charge in [-0.1, -0.05) is 29.8 Å². The summed E-state index contributed by atoms with van der Waals surface area (Å²) >= 11 is 5.82. The molecule has 0 radical (unpaired) electrons. The van der Waals surface area contributed by atoms with Gasteiger partial charge in [0.1, 0.15) is 17.8 Å². The van der Waals surface area contributed by atoms with E-state index in [0.717, 1.165) is 10.5 Å². The van der Waals surface area contributed by atoms with E-state index in [1.165, 1.54) is 0 Å². The van der Waals surface area contributed by atoms with Crippen LogP contribution in [0.4, 0.5) is 10.5 Å². The van der Waals surface area contributed by atoms with Crippen molar-refractivity contribution in [1.82, 2.24) is 10.2 Å². The maximum Gasteiger partial charge on any atom is 0.325 e. The van der Waals surface area contributed by atoms with Crippen molar-refractivity contribution in [2.45, 2.75) is 18.9 Å². The fourth-order valence-corrected chi connectivity index (χ4v) is 3.24. The Morgan fingerprint density at radius 2 is 1.86 bits per heavy atom. The van der Waals surface area contributed by atoms with Gasteiger partial charge in [0.2, 0.25) is 5.91 Å². The Morgan fingerprint density at radius 1 is 1.18 bits per heavy atom. The first kappa shape index (κ1) is 19.7. The lowest BCUT2D eigenvalue weighted by Gasteiger charge is -2.22. The van der Waals surface area contributed by atoms with Crippen LogP contribution in [0.2, 0.25) is 5.02 Å². The lowest BCUT2D eigenvalue weighted by molar-refractivity contribution is -0.133. The highest BCUT2D eigenvalue weighted by Gasteiger charge is 2.48. The van der Waals surface area contributed by atoms with Crippen LogP contribution in [0.25, 0.3) is 0 Å². The molecule has 1 atom stereocenters. The molecule has 0 aromatic heterocycles. The number of nitrogens with one attached hydrogen (secondary N) is 2. The van der Waals surface area contributed by atoms with Gasteiger partial charge in [-0.3, -0.25) is 14.5 Å². The maximum atomic E-state index is 12.9. The van der Waals surface area contributed by atoms with Gasteiger partial charge in [-0.15, -0.1) is 0 Å². The van der Waals surface area contributed by atoms with Crippen LogP contribution in [0.1, 0.15) is 12.5 Å². The van der Waals surface area contributed by atoms with Crippen molar-refractivity contribution in [3.05, 3.63) is 59.1 Å². The molecule has 2 aromatic carbocycles. The van der Waals surface area contributed by atoms with Gasteiger partial charge >= 0.3 is 6.03 Å². The summed E-state index contributed by atoms with van der Waals surface area (Å²) in [6, 6.07) is 13.2. The lowest BCUT2D eigenvalue weighted by atomic mass is 9.92. The second-order valence-corrected chi connectivity index (χ2v) is 7.13. The van der Waals surface area contributed by atoms with Crippen molar-refractivity contribution in [3.63, 3.8) is 0 Å². The fourth-order valence-electron chi connectivity index (χ4n) is 3.12. The third-order valence-corrected chi connectivity index (χ3v) is 4.76. The number of halogens is 1. The third kappa shape index (κ3) is 4.09. The van der Waals surface area contributed by atoms with Crippen LogP contribution >= 0.6 is 11.6 Å². The second-order valence-electron chi connectivity index (χ2n) is 6.70. The van der Waals surface area contributed by atoms with E-state index in [-0.39, 0.29) is 13.0 Å². The molecular weight excluding hydrogens is 382 g/mol. The highest BCUT2D eigenvalue weighted by Crippen LogP contribution is 2.27. The summed E-state index contributed by atoms with van der Waals surface area (Å²) in [5.41, 5.74) is 0.151. The smallest absolute Gasteiger partial charge is 0.325 e. The molecule has 1 heterocycles. The zero-order valence-corrected chi connectivity index (χ0v) is 16.2. The summed E-state index contributed by atoms with van der Waals surface area (Å²) in [5, 5.41) is 5.87. The molecule has 1 aliphatic heterocycles. The van der Waals surface area contributed by atoms with Crippen LogP contribution in [-0.4, -0.2) is 41.9 Å². The number of imide groups is 1. The van der Waals surface area contributed by atoms with E-state index in [1.807, 2.05) is 18.2 Å². The number of hydrogen-bond acceptors (Lipinski definition) is 4. The van der Waals surface area contributed by atoms with E-state index in [2.05, 4.69) is 10.6 Å². The molecule has 4 amide bonds. The largest absolute Gasteiger partial charge is 0.496 e. The number of nitrogens with zero attached hydrogens (tertiary/aromatic N) is 1. The first-order chi connectivity index (χ1) is 13.3. The van der Waals surface area contributed by atoms with Gasteiger partial charge in [-0.05, 0) is 42.8 Å². The standard InChI is InChI=1S/C20H20ClN3O4/c1-20(11-13-5-3-4-6-16(13)28-2)18(26)24(19(27)23-20)12-17(25)22-15-9-7-14(21)8-10-15/h3-10H,11-12H2,1-2H3,(H,22,25)(H,23,27)/t20-/m0/s1. The predicted octanol–water partition coefficient (Wildman–Crippen LogP) is 2.84. The number of hydrogen-bond donors (Lipinski definition) is 2. The predicted molar refractivity (Wildman–Crippen MR) is 105 cm³/mol. The molecular formula is C20H20ClN3O4. The molecule has 1 saturated heterocycles. The van der Waals surface area contributed by atoms with Gasteiger partial charge in [0.25, 0.3) is 5.91 Å². The van der Waals surface area contributed by atoms with Crippen LogP contribution in [0.3, 0.4) is 0 Å². The molecule has 7 nitrogen and oxygen atoms in total. The van der Waals surface area contributed by atoms with E-state index in [1.54, 1.807) is 44.4 Å². The van der Waals surface area contributed by atoms with Gasteiger partial charge in [0.05, 0.1) is 7.11 Å². The van der Waals surface area contributed by atoms with Gasteiger partial charge in [-0.25, -0.2) is 4.79 Å². The van der Waals surface area contributed by atoms with Gasteiger partial charge < -0.3 is 15.4 Å². The van der Waals surface area contributed by atoms with Gasteiger partial charge in [0, 0.05) is 17.1 Å². The molecule has 146 valence electrons. The van der Waals surface area contributed by atoms with Crippen molar-refractivity contribution in [1.29, 1.82) is 0 Å². The van der Waals surface area contributed by atoms with E-state index in [0.29, 0.717) is 16.5 Å². The minimum atomic E-state index is -1.16. The molecule has 2 N–H and O–H groups in total. The van der Waals surface area contributed by atoms with Crippen molar-refractivity contribution in [3.8, 4) is 5.75 Å². The number of para-hydroxylation sites is 1. The Balaban J connectivity index is 1.70. The van der Waals surface area contributed by atoms with Crippen LogP contribution in [-0.2, 0) is 16.0 Å². The molecule has 0 bridgehead atoms. The fraction of sp³-hybridized carbons (Fsp3) is 0.250. The van der Waals surface area contributed by atoms with Gasteiger partial charge in [-0.2, -0.15) is 0 Å². The van der Waals surface area contributed by atoms with Crippen LogP contribution < -0.4 is 15.4 Å². The average molecular weight is 402 g/mol. The highest BCUT2D eigenvalue weighted by atomic mass is 35.5. The zero-order chi connectivity index (χ0) is 20.3. The van der Waals surface area contributed by atoms with E-state index < -0.39 is 23.4 Å². The summed E-state index contributed by atoms with van der Waals surface area (Å²) in [7, 11) is 1.55. The Bertz CT molecular complexity index is 916. The molecule has 0 aliphatic carbocycles. The summed E-state index contributed by atoms with van der Waals surface area (Å²) in [5.74, 6) is -0.313. The monoisotopic (exact) mass is 401 g/mol. The molecule has 8 heteroatoms. The summed E-state index contributed by atoms with van der Waals surface area (Å²) in [6.45, 7) is 1.26. The molecule has 28 heavy (non-hydrogen) atoms. The molecule has 0 spiro atoms. The topological polar surface area (TPSA) is 87.7 Å². The Kier molecular flexibility index (Phi) is 5.56. The van der Waals surface area contributed by atoms with Crippen molar-refractivity contribution < 1.29 is 19.1 Å². The number of urea groups is 1. The van der Waals surface area contributed by atoms with Crippen molar-refractivity contribution in [2.24, 2.45) is 0 Å². The average Bonchev–Trinajstić information content (AvgIpc) is 2.87. The number of rotatable bonds is 6. The minimum Gasteiger partial charge on any atom is -0.496 e. The number of amides is 4. The van der Waals surface area contributed by atoms with Crippen LogP contribution in [0.5, 0.6) is 5.75 Å². The second kappa shape index (κ2) is 7.90. The van der Waals surface area contributed by atoms with Crippen LogP contribution in [0.15, 0.2) is 48.5 Å². The maximum absolute atomic E-state index is 12.9. The van der Waals surface area contributed by atoms with E-state index in [4.69, 9.17) is 16.3 Å². The number of carbonyl (C=O) groups excluding carboxylic acids is 3. The number of ether oxygens (including phenoxy) is 1. The van der Waals surface area contributed by atoms with Crippen molar-refractivity contribution >= 4 is 35.1 Å². The normalized spacial score (nSPS) is 18.8. The number of anilines is 1. The molecule has 0 saturated carbocycles. The minimum absolute atomic E-state index is 0.247. The summed E-state index contributed by atoms with van der Waals surface area (Å²) in [4.78, 5) is 38.4. The first-order valence-corrected chi connectivity index (χ1v) is 9.01. The molecule has 1 aliphatic rings. The summed E-state index contributed by atoms with van der Waals surface area (Å²) in [6.07, 6.45) is 0.247. The molecule has 1 fully saturated rings.